The van der Waals surface area contributed by atoms with Gasteiger partial charge >= 0.3 is 0 Å². The molecule has 0 saturated heterocycles. The van der Waals surface area contributed by atoms with Crippen molar-refractivity contribution in [3.63, 3.8) is 0 Å². The SMILES string of the molecule is CCCCC(CC)CC1(CC(CC)CCCC)c2cc3c(cc2-c2ccc4cc(C)sc4c21)C(CC(CC)CCCC)(CC(CC)CCCC)c1c-3ccc2cc(-c3ccc(C)c4nsnc34)sc12. The van der Waals surface area contributed by atoms with Gasteiger partial charge in [0, 0.05) is 35.5 Å². The second-order valence-corrected chi connectivity index (χ2v) is 25.1. The van der Waals surface area contributed by atoms with E-state index >= 15 is 0 Å². The van der Waals surface area contributed by atoms with Crippen LogP contribution < -0.4 is 0 Å². The first-order valence-corrected chi connectivity index (χ1v) is 30.5. The molecule has 0 spiro atoms. The molecular formula is C64H84N2S3. The Morgan fingerprint density at radius 1 is 0.449 bits per heavy atom. The van der Waals surface area contributed by atoms with Crippen molar-refractivity contribution in [2.75, 3.05) is 0 Å². The zero-order valence-corrected chi connectivity index (χ0v) is 46.8. The van der Waals surface area contributed by atoms with E-state index in [0.29, 0.717) is 23.7 Å². The molecule has 4 aromatic carbocycles. The van der Waals surface area contributed by atoms with Gasteiger partial charge in [-0.05, 0) is 148 Å². The Kier molecular flexibility index (Phi) is 15.9. The monoisotopic (exact) mass is 977 g/mol. The van der Waals surface area contributed by atoms with Crippen LogP contribution in [-0.2, 0) is 10.8 Å². The number of aromatic nitrogens is 2. The molecule has 0 N–H and O–H groups in total. The Balaban J connectivity index is 1.37. The molecule has 0 bridgehead atoms. The van der Waals surface area contributed by atoms with Crippen LogP contribution in [0.15, 0.2) is 60.7 Å². The van der Waals surface area contributed by atoms with Crippen LogP contribution in [-0.4, -0.2) is 8.75 Å². The second-order valence-electron chi connectivity index (χ2n) is 22.3. The van der Waals surface area contributed by atoms with E-state index in [9.17, 15) is 0 Å². The van der Waals surface area contributed by atoms with Gasteiger partial charge in [-0.1, -0.05) is 195 Å². The first kappa shape index (κ1) is 50.6. The third kappa shape index (κ3) is 9.24. The number of thiophene rings is 2. The van der Waals surface area contributed by atoms with Crippen molar-refractivity contribution in [2.24, 2.45) is 23.7 Å². The third-order valence-electron chi connectivity index (χ3n) is 17.8. The summed E-state index contributed by atoms with van der Waals surface area (Å²) in [5, 5.41) is 2.86. The van der Waals surface area contributed by atoms with Gasteiger partial charge in [-0.25, -0.2) is 0 Å². The summed E-state index contributed by atoms with van der Waals surface area (Å²) in [7, 11) is 0. The average Bonchev–Trinajstić information content (AvgIpc) is 4.20. The van der Waals surface area contributed by atoms with Gasteiger partial charge in [-0.3, -0.25) is 0 Å². The Bertz CT molecular complexity index is 2830. The highest BCUT2D eigenvalue weighted by Crippen LogP contribution is 2.65. The van der Waals surface area contributed by atoms with E-state index in [0.717, 1.165) is 11.0 Å². The maximum Gasteiger partial charge on any atom is 0.113 e. The lowest BCUT2D eigenvalue weighted by Gasteiger charge is -2.40. The quantitative estimate of drug-likeness (QED) is 0.0570. The molecule has 0 fully saturated rings. The normalized spacial score (nSPS) is 19.0. The molecule has 5 heteroatoms. The summed E-state index contributed by atoms with van der Waals surface area (Å²) in [5.74, 6) is 2.73. The number of nitrogens with zero attached hydrogens (tertiary/aromatic N) is 2. The maximum absolute atomic E-state index is 4.93. The Morgan fingerprint density at radius 3 is 1.32 bits per heavy atom. The van der Waals surface area contributed by atoms with Crippen molar-refractivity contribution in [1.29, 1.82) is 0 Å². The van der Waals surface area contributed by atoms with E-state index in [1.54, 1.807) is 43.6 Å². The fourth-order valence-corrected chi connectivity index (χ4v) is 17.0. The summed E-state index contributed by atoms with van der Waals surface area (Å²) >= 11 is 5.50. The lowest BCUT2D eigenvalue weighted by molar-refractivity contribution is 0.265. The zero-order valence-electron chi connectivity index (χ0n) is 44.3. The van der Waals surface area contributed by atoms with Gasteiger partial charge < -0.3 is 0 Å². The summed E-state index contributed by atoms with van der Waals surface area (Å²) in [6, 6.07) is 25.6. The molecule has 3 heterocycles. The fraction of sp³-hybridized carbons (Fsp3) is 0.562. The molecule has 2 nitrogen and oxygen atoms in total. The predicted octanol–water partition coefficient (Wildman–Crippen LogP) is 21.4. The lowest BCUT2D eigenvalue weighted by Crippen LogP contribution is -2.33. The highest BCUT2D eigenvalue weighted by atomic mass is 32.1. The summed E-state index contributed by atoms with van der Waals surface area (Å²) in [4.78, 5) is 2.78. The maximum atomic E-state index is 4.93. The third-order valence-corrected chi connectivity index (χ3v) is 20.6. The number of unbranched alkanes of at least 4 members (excludes halogenated alkanes) is 4. The van der Waals surface area contributed by atoms with Gasteiger partial charge in [0.2, 0.25) is 0 Å². The summed E-state index contributed by atoms with van der Waals surface area (Å²) in [6.07, 6.45) is 25.6. The minimum Gasteiger partial charge on any atom is -0.173 e. The molecule has 9 rings (SSSR count). The molecule has 0 aliphatic heterocycles. The van der Waals surface area contributed by atoms with Crippen LogP contribution in [0.25, 0.3) is 63.9 Å². The van der Waals surface area contributed by atoms with Gasteiger partial charge in [-0.2, -0.15) is 8.75 Å². The molecule has 3 aromatic heterocycles. The van der Waals surface area contributed by atoms with Crippen LogP contribution in [0.5, 0.6) is 0 Å². The van der Waals surface area contributed by atoms with Crippen LogP contribution in [0, 0.1) is 37.5 Å². The molecular weight excluding hydrogens is 893 g/mol. The molecule has 368 valence electrons. The number of hydrogen-bond acceptors (Lipinski definition) is 5. The molecule has 2 aliphatic rings. The van der Waals surface area contributed by atoms with Crippen LogP contribution >= 0.6 is 34.4 Å². The fourth-order valence-electron chi connectivity index (χ4n) is 13.9. The number of benzene rings is 4. The van der Waals surface area contributed by atoms with E-state index in [4.69, 9.17) is 8.75 Å². The van der Waals surface area contributed by atoms with Gasteiger partial charge in [0.15, 0.2) is 0 Å². The van der Waals surface area contributed by atoms with Crippen molar-refractivity contribution in [3.8, 4) is 32.7 Å². The molecule has 2 aliphatic carbocycles. The highest BCUT2D eigenvalue weighted by Gasteiger charge is 2.52. The smallest absolute Gasteiger partial charge is 0.113 e. The van der Waals surface area contributed by atoms with Crippen molar-refractivity contribution in [3.05, 3.63) is 93.4 Å². The Hall–Kier alpha value is -3.38. The molecule has 0 amide bonds. The number of fused-ring (bicyclic) bond motifs is 11. The number of aryl methyl sites for hydroxylation is 2. The van der Waals surface area contributed by atoms with E-state index in [1.165, 1.54) is 182 Å². The van der Waals surface area contributed by atoms with Crippen molar-refractivity contribution in [1.82, 2.24) is 8.75 Å². The number of hydrogen-bond donors (Lipinski definition) is 0. The molecule has 4 unspecified atom stereocenters. The summed E-state index contributed by atoms with van der Waals surface area (Å²) in [6.45, 7) is 24.1. The largest absolute Gasteiger partial charge is 0.173 e. The van der Waals surface area contributed by atoms with Crippen LogP contribution in [0.2, 0.25) is 0 Å². The Labute approximate surface area is 429 Å². The molecule has 0 radical (unpaired) electrons. The summed E-state index contributed by atoms with van der Waals surface area (Å²) in [5.41, 5.74) is 17.4. The van der Waals surface area contributed by atoms with Gasteiger partial charge in [0.05, 0.1) is 11.7 Å². The molecule has 4 atom stereocenters. The van der Waals surface area contributed by atoms with E-state index < -0.39 is 0 Å². The van der Waals surface area contributed by atoms with Crippen LogP contribution in [0.4, 0.5) is 0 Å². The zero-order chi connectivity index (χ0) is 48.5. The van der Waals surface area contributed by atoms with E-state index in [-0.39, 0.29) is 10.8 Å². The van der Waals surface area contributed by atoms with Gasteiger partial charge in [0.1, 0.15) is 11.0 Å². The first-order chi connectivity index (χ1) is 33.6. The second kappa shape index (κ2) is 21.8. The van der Waals surface area contributed by atoms with Crippen molar-refractivity contribution in [2.45, 2.75) is 208 Å². The van der Waals surface area contributed by atoms with Gasteiger partial charge in [0.25, 0.3) is 0 Å². The van der Waals surface area contributed by atoms with Crippen molar-refractivity contribution < 1.29 is 0 Å². The van der Waals surface area contributed by atoms with Crippen molar-refractivity contribution >= 4 is 65.6 Å². The minimum absolute atomic E-state index is 0.0243. The van der Waals surface area contributed by atoms with Crippen LogP contribution in [0.3, 0.4) is 0 Å². The lowest BCUT2D eigenvalue weighted by atomic mass is 9.63. The average molecular weight is 978 g/mol. The number of rotatable bonds is 25. The van der Waals surface area contributed by atoms with Crippen LogP contribution in [0.1, 0.15) is 217 Å². The Morgan fingerprint density at radius 2 is 0.870 bits per heavy atom. The predicted molar refractivity (Wildman–Crippen MR) is 307 cm³/mol. The first-order valence-electron chi connectivity index (χ1n) is 28.1. The van der Waals surface area contributed by atoms with E-state index in [1.807, 2.05) is 0 Å². The highest BCUT2D eigenvalue weighted by molar-refractivity contribution is 7.22. The minimum atomic E-state index is -0.0792. The topological polar surface area (TPSA) is 25.8 Å². The summed E-state index contributed by atoms with van der Waals surface area (Å²) < 4.78 is 12.8. The van der Waals surface area contributed by atoms with Gasteiger partial charge in [-0.15, -0.1) is 22.7 Å². The molecule has 69 heavy (non-hydrogen) atoms. The standard InChI is InChI=1S/C64H84N2S3/c1-11-19-23-43(15-5)37-63(38-44(16-6)24-20-12-2)54-36-53-50-32-29-48-34-56(51-30-27-41(9)59-60(51)66-69-65-59)68-62(48)58(50)64(39-45(17-7)25-21-13-3,40-46(18-8)26-22-14-4)55(53)35-52(54)49-31-28-47-33-42(10)67-61(47)57(49)63/h27-36,43-46H,11-26,37-40H2,1-10H3. The molecule has 7 aromatic rings. The van der Waals surface area contributed by atoms with E-state index in [2.05, 4.69) is 153 Å². The molecule has 0 saturated carbocycles.